The molecule has 0 atom stereocenters. The van der Waals surface area contributed by atoms with Crippen molar-refractivity contribution >= 4 is 10.0 Å². The second-order valence-electron chi connectivity index (χ2n) is 4.69. The van der Waals surface area contributed by atoms with Crippen molar-refractivity contribution in [2.75, 3.05) is 18.8 Å². The first-order chi connectivity index (χ1) is 9.56. The van der Waals surface area contributed by atoms with E-state index in [1.54, 1.807) is 18.3 Å². The Bertz CT molecular complexity index is 604. The molecule has 0 unspecified atom stereocenters. The molecule has 0 amide bonds. The molecular weight excluding hydrogens is 278 g/mol. The van der Waals surface area contributed by atoms with Crippen molar-refractivity contribution < 1.29 is 13.2 Å². The number of unbranched alkanes of at least 4 members (excludes halogenated alkanes) is 1. The van der Waals surface area contributed by atoms with Gasteiger partial charge in [-0.05, 0) is 18.6 Å². The lowest BCUT2D eigenvalue weighted by Gasteiger charge is -2.37. The average Bonchev–Trinajstić information content (AvgIpc) is 2.40. The number of hydrogen-bond acceptors (Lipinski definition) is 5. The highest BCUT2D eigenvalue weighted by Gasteiger charge is 2.37. The Morgan fingerprint density at radius 1 is 1.55 bits per heavy atom. The van der Waals surface area contributed by atoms with E-state index in [9.17, 15) is 8.42 Å². The van der Waals surface area contributed by atoms with E-state index >= 15 is 0 Å². The Labute approximate surface area is 119 Å². The van der Waals surface area contributed by atoms with Crippen molar-refractivity contribution in [3.05, 3.63) is 23.9 Å². The molecule has 108 valence electrons. The van der Waals surface area contributed by atoms with Gasteiger partial charge in [-0.25, -0.2) is 13.4 Å². The Morgan fingerprint density at radius 2 is 2.30 bits per heavy atom. The molecule has 0 spiro atoms. The van der Waals surface area contributed by atoms with E-state index < -0.39 is 10.0 Å². The lowest BCUT2D eigenvalue weighted by Crippen LogP contribution is -2.56. The summed E-state index contributed by atoms with van der Waals surface area (Å²) < 4.78 is 30.8. The van der Waals surface area contributed by atoms with Gasteiger partial charge in [-0.3, -0.25) is 0 Å². The number of nitrogens with zero attached hydrogens (tertiary/aromatic N) is 3. The SMILES string of the molecule is CCCCS(=O)(=O)N1CC(Oc2ncccc2C#N)C1. The van der Waals surface area contributed by atoms with Crippen molar-refractivity contribution in [2.45, 2.75) is 25.9 Å². The number of aromatic nitrogens is 1. The Hall–Kier alpha value is -1.65. The lowest BCUT2D eigenvalue weighted by molar-refractivity contribution is 0.0718. The second-order valence-corrected chi connectivity index (χ2v) is 6.78. The highest BCUT2D eigenvalue weighted by Crippen LogP contribution is 2.22. The van der Waals surface area contributed by atoms with Gasteiger partial charge in [-0.15, -0.1) is 0 Å². The zero-order valence-corrected chi connectivity index (χ0v) is 12.1. The molecule has 0 bridgehead atoms. The quantitative estimate of drug-likeness (QED) is 0.786. The number of hydrogen-bond donors (Lipinski definition) is 0. The molecule has 1 aromatic heterocycles. The highest BCUT2D eigenvalue weighted by molar-refractivity contribution is 7.89. The summed E-state index contributed by atoms with van der Waals surface area (Å²) in [5, 5.41) is 8.92. The van der Waals surface area contributed by atoms with Crippen molar-refractivity contribution in [3.8, 4) is 11.9 Å². The largest absolute Gasteiger partial charge is 0.471 e. The van der Waals surface area contributed by atoms with Crippen LogP contribution in [0.4, 0.5) is 0 Å². The maximum Gasteiger partial charge on any atom is 0.232 e. The molecule has 1 aromatic rings. The van der Waals surface area contributed by atoms with Crippen LogP contribution in [0.2, 0.25) is 0 Å². The Kier molecular flexibility index (Phi) is 4.57. The predicted molar refractivity (Wildman–Crippen MR) is 73.6 cm³/mol. The van der Waals surface area contributed by atoms with Gasteiger partial charge in [0.05, 0.1) is 18.8 Å². The van der Waals surface area contributed by atoms with Gasteiger partial charge < -0.3 is 4.74 Å². The fourth-order valence-corrected chi connectivity index (χ4v) is 3.58. The molecule has 0 saturated carbocycles. The third kappa shape index (κ3) is 3.26. The van der Waals surface area contributed by atoms with Crippen LogP contribution >= 0.6 is 0 Å². The van der Waals surface area contributed by atoms with Crippen LogP contribution in [-0.2, 0) is 10.0 Å². The van der Waals surface area contributed by atoms with Gasteiger partial charge in [0.1, 0.15) is 17.7 Å². The summed E-state index contributed by atoms with van der Waals surface area (Å²) in [6, 6.07) is 5.28. The number of ether oxygens (including phenoxy) is 1. The van der Waals surface area contributed by atoms with Gasteiger partial charge in [-0.2, -0.15) is 9.57 Å². The zero-order valence-electron chi connectivity index (χ0n) is 11.3. The molecule has 0 aromatic carbocycles. The first kappa shape index (κ1) is 14.8. The zero-order chi connectivity index (χ0) is 14.6. The van der Waals surface area contributed by atoms with Crippen LogP contribution in [0.3, 0.4) is 0 Å². The van der Waals surface area contributed by atoms with Crippen LogP contribution in [0, 0.1) is 11.3 Å². The maximum atomic E-state index is 11.9. The summed E-state index contributed by atoms with van der Waals surface area (Å²) in [6.07, 6.45) is 2.84. The van der Waals surface area contributed by atoms with E-state index in [1.807, 2.05) is 13.0 Å². The summed E-state index contributed by atoms with van der Waals surface area (Å²) in [5.74, 6) is 0.453. The first-order valence-electron chi connectivity index (χ1n) is 6.56. The standard InChI is InChI=1S/C13H17N3O3S/c1-2-3-7-20(17,18)16-9-12(10-16)19-13-11(8-14)5-4-6-15-13/h4-6,12H,2-3,7,9-10H2,1H3. The van der Waals surface area contributed by atoms with E-state index in [0.717, 1.165) is 6.42 Å². The maximum absolute atomic E-state index is 11.9. The van der Waals surface area contributed by atoms with E-state index in [1.165, 1.54) is 4.31 Å². The van der Waals surface area contributed by atoms with Gasteiger partial charge in [0.25, 0.3) is 0 Å². The fourth-order valence-electron chi connectivity index (χ4n) is 1.89. The smallest absolute Gasteiger partial charge is 0.232 e. The summed E-state index contributed by atoms with van der Waals surface area (Å²) >= 11 is 0. The topological polar surface area (TPSA) is 83.3 Å². The number of rotatable bonds is 6. The molecule has 1 fully saturated rings. The summed E-state index contributed by atoms with van der Waals surface area (Å²) in [7, 11) is -3.16. The molecule has 1 aliphatic rings. The number of nitriles is 1. The van der Waals surface area contributed by atoms with E-state index in [4.69, 9.17) is 10.00 Å². The summed E-state index contributed by atoms with van der Waals surface area (Å²) in [4.78, 5) is 4.00. The van der Waals surface area contributed by atoms with Crippen LogP contribution in [0.5, 0.6) is 5.88 Å². The van der Waals surface area contributed by atoms with Crippen molar-refractivity contribution in [1.29, 1.82) is 5.26 Å². The molecule has 7 heteroatoms. The average molecular weight is 295 g/mol. The molecule has 2 rings (SSSR count). The molecular formula is C13H17N3O3S. The van der Waals surface area contributed by atoms with E-state index in [-0.39, 0.29) is 17.7 Å². The molecule has 6 nitrogen and oxygen atoms in total. The van der Waals surface area contributed by atoms with E-state index in [2.05, 4.69) is 4.98 Å². The van der Waals surface area contributed by atoms with Crippen molar-refractivity contribution in [1.82, 2.24) is 9.29 Å². The van der Waals surface area contributed by atoms with Crippen LogP contribution in [0.25, 0.3) is 0 Å². The lowest BCUT2D eigenvalue weighted by atomic mass is 10.2. The molecule has 2 heterocycles. The third-order valence-electron chi connectivity index (χ3n) is 3.13. The second kappa shape index (κ2) is 6.20. The van der Waals surface area contributed by atoms with Crippen LogP contribution in [0.1, 0.15) is 25.3 Å². The molecule has 1 aliphatic heterocycles. The first-order valence-corrected chi connectivity index (χ1v) is 8.17. The van der Waals surface area contributed by atoms with Gasteiger partial charge in [0, 0.05) is 6.20 Å². The monoisotopic (exact) mass is 295 g/mol. The molecule has 1 saturated heterocycles. The van der Waals surface area contributed by atoms with Gasteiger partial charge in [0.15, 0.2) is 0 Å². The fraction of sp³-hybridized carbons (Fsp3) is 0.538. The van der Waals surface area contributed by atoms with Crippen LogP contribution in [-0.4, -0.2) is 42.7 Å². The summed E-state index contributed by atoms with van der Waals surface area (Å²) in [6.45, 7) is 2.61. The predicted octanol–water partition coefficient (Wildman–Crippen LogP) is 1.15. The molecule has 0 aliphatic carbocycles. The van der Waals surface area contributed by atoms with Crippen LogP contribution in [0.15, 0.2) is 18.3 Å². The highest BCUT2D eigenvalue weighted by atomic mass is 32.2. The minimum atomic E-state index is -3.16. The van der Waals surface area contributed by atoms with Gasteiger partial charge in [-0.1, -0.05) is 13.3 Å². The number of pyridine rings is 1. The summed E-state index contributed by atoms with van der Waals surface area (Å²) in [5.41, 5.74) is 0.361. The van der Waals surface area contributed by atoms with Crippen LogP contribution < -0.4 is 4.74 Å². The van der Waals surface area contributed by atoms with E-state index in [0.29, 0.717) is 25.1 Å². The van der Waals surface area contributed by atoms with Gasteiger partial charge in [0.2, 0.25) is 15.9 Å². The number of sulfonamides is 1. The van der Waals surface area contributed by atoms with Crippen molar-refractivity contribution in [2.24, 2.45) is 0 Å². The Morgan fingerprint density at radius 3 is 2.95 bits per heavy atom. The minimum absolute atomic E-state index is 0.184. The van der Waals surface area contributed by atoms with Crippen molar-refractivity contribution in [3.63, 3.8) is 0 Å². The molecule has 20 heavy (non-hydrogen) atoms. The minimum Gasteiger partial charge on any atom is -0.471 e. The molecule has 0 radical (unpaired) electrons. The third-order valence-corrected chi connectivity index (χ3v) is 5.02. The normalized spacial score (nSPS) is 16.4. The molecule has 0 N–H and O–H groups in total. The van der Waals surface area contributed by atoms with Gasteiger partial charge >= 0.3 is 0 Å². The Balaban J connectivity index is 1.90.